The Hall–Kier alpha value is -3.50. The van der Waals surface area contributed by atoms with Crippen molar-refractivity contribution < 1.29 is 0 Å². The third-order valence-corrected chi connectivity index (χ3v) is 7.33. The van der Waals surface area contributed by atoms with E-state index >= 15 is 0 Å². The number of hydrogen-bond donors (Lipinski definition) is 1. The van der Waals surface area contributed by atoms with Gasteiger partial charge in [0, 0.05) is 17.3 Å². The quantitative estimate of drug-likeness (QED) is 0.566. The fourth-order valence-corrected chi connectivity index (χ4v) is 5.20. The van der Waals surface area contributed by atoms with Crippen LogP contribution in [0.25, 0.3) is 0 Å². The molecule has 6 rings (SSSR count). The summed E-state index contributed by atoms with van der Waals surface area (Å²) >= 11 is 0. The molecule has 3 aromatic rings. The standard InChI is InChI=1S/C29H28N4/c1-20-8-5-6-11-24(20)25-16-19-33-27(22-9-3-2-4-10-22)26(32-28(33)31-25)21-12-14-23(15-13-21)29(30)17-7-18-29/h2-6,8-16,19,26-27H,7,17-18,30H2,1H3. The Labute approximate surface area is 195 Å². The van der Waals surface area contributed by atoms with Crippen LogP contribution in [0, 0.1) is 6.92 Å². The molecule has 1 fully saturated rings. The Bertz CT molecular complexity index is 1270. The normalized spacial score (nSPS) is 22.9. The molecule has 4 heteroatoms. The molecule has 33 heavy (non-hydrogen) atoms. The molecule has 2 aliphatic heterocycles. The molecule has 0 saturated heterocycles. The van der Waals surface area contributed by atoms with Gasteiger partial charge >= 0.3 is 0 Å². The number of benzene rings is 3. The van der Waals surface area contributed by atoms with Crippen molar-refractivity contribution >= 4 is 11.7 Å². The first-order chi connectivity index (χ1) is 16.1. The summed E-state index contributed by atoms with van der Waals surface area (Å²) in [6.07, 6.45) is 7.60. The van der Waals surface area contributed by atoms with Crippen LogP contribution < -0.4 is 5.73 Å². The Morgan fingerprint density at radius 2 is 1.61 bits per heavy atom. The second-order valence-electron chi connectivity index (χ2n) is 9.40. The number of aliphatic imine (C=N–C) groups is 2. The maximum Gasteiger partial charge on any atom is 0.226 e. The predicted octanol–water partition coefficient (Wildman–Crippen LogP) is 5.80. The maximum absolute atomic E-state index is 6.56. The summed E-state index contributed by atoms with van der Waals surface area (Å²) in [6, 6.07) is 27.8. The van der Waals surface area contributed by atoms with Gasteiger partial charge in [0.15, 0.2) is 0 Å². The lowest BCUT2D eigenvalue weighted by molar-refractivity contribution is 0.253. The second kappa shape index (κ2) is 7.82. The summed E-state index contributed by atoms with van der Waals surface area (Å²) < 4.78 is 0. The van der Waals surface area contributed by atoms with Crippen LogP contribution in [0.3, 0.4) is 0 Å². The molecule has 164 valence electrons. The summed E-state index contributed by atoms with van der Waals surface area (Å²) in [6.45, 7) is 2.12. The van der Waals surface area contributed by atoms with E-state index in [9.17, 15) is 0 Å². The van der Waals surface area contributed by atoms with Gasteiger partial charge in [-0.2, -0.15) is 0 Å². The fraction of sp³-hybridized carbons (Fsp3) is 0.241. The van der Waals surface area contributed by atoms with Crippen LogP contribution in [0.4, 0.5) is 0 Å². The topological polar surface area (TPSA) is 54.0 Å². The number of nitrogens with zero attached hydrogens (tertiary/aromatic N) is 3. The number of aryl methyl sites for hydroxylation is 1. The Morgan fingerprint density at radius 1 is 0.879 bits per heavy atom. The van der Waals surface area contributed by atoms with Gasteiger partial charge in [0.1, 0.15) is 6.04 Å². The van der Waals surface area contributed by atoms with Gasteiger partial charge in [-0.15, -0.1) is 0 Å². The SMILES string of the molecule is Cc1ccccc1C1=NC2=NC(c3ccc(C4(N)CCC4)cc3)C(c3ccccc3)N2C=C1. The smallest absolute Gasteiger partial charge is 0.226 e. The Kier molecular flexibility index (Phi) is 4.77. The zero-order valence-corrected chi connectivity index (χ0v) is 18.9. The second-order valence-corrected chi connectivity index (χ2v) is 9.40. The molecule has 0 spiro atoms. The van der Waals surface area contributed by atoms with Crippen LogP contribution in [0.15, 0.2) is 101 Å². The number of guanidine groups is 1. The van der Waals surface area contributed by atoms with Crippen LogP contribution in [0.2, 0.25) is 0 Å². The minimum atomic E-state index is -0.147. The highest BCUT2D eigenvalue weighted by atomic mass is 15.4. The third kappa shape index (κ3) is 3.42. The van der Waals surface area contributed by atoms with Crippen molar-refractivity contribution in [3.63, 3.8) is 0 Å². The van der Waals surface area contributed by atoms with E-state index in [2.05, 4.69) is 103 Å². The number of nitrogens with two attached hydrogens (primary N) is 1. The molecule has 0 amide bonds. The molecule has 4 nitrogen and oxygen atoms in total. The first-order valence-electron chi connectivity index (χ1n) is 11.8. The average Bonchev–Trinajstić information content (AvgIpc) is 3.22. The molecule has 2 heterocycles. The van der Waals surface area contributed by atoms with Gasteiger partial charge in [0.2, 0.25) is 5.96 Å². The number of fused-ring (bicyclic) bond motifs is 1. The van der Waals surface area contributed by atoms with Crippen molar-refractivity contribution in [1.82, 2.24) is 4.90 Å². The van der Waals surface area contributed by atoms with Crippen molar-refractivity contribution in [1.29, 1.82) is 0 Å². The number of hydrogen-bond acceptors (Lipinski definition) is 4. The van der Waals surface area contributed by atoms with E-state index in [-0.39, 0.29) is 17.6 Å². The zero-order chi connectivity index (χ0) is 22.4. The first kappa shape index (κ1) is 20.1. The minimum Gasteiger partial charge on any atom is -0.321 e. The van der Waals surface area contributed by atoms with E-state index in [1.807, 2.05) is 0 Å². The summed E-state index contributed by atoms with van der Waals surface area (Å²) in [5.41, 5.74) is 13.4. The van der Waals surface area contributed by atoms with Gasteiger partial charge < -0.3 is 10.6 Å². The molecule has 1 saturated carbocycles. The Balaban J connectivity index is 1.40. The van der Waals surface area contributed by atoms with Crippen molar-refractivity contribution in [3.05, 3.63) is 119 Å². The van der Waals surface area contributed by atoms with Crippen LogP contribution >= 0.6 is 0 Å². The van der Waals surface area contributed by atoms with Crippen LogP contribution in [0.1, 0.15) is 59.2 Å². The molecule has 1 aliphatic carbocycles. The van der Waals surface area contributed by atoms with Crippen molar-refractivity contribution in [3.8, 4) is 0 Å². The highest BCUT2D eigenvalue weighted by molar-refractivity contribution is 6.16. The molecular formula is C29H28N4. The van der Waals surface area contributed by atoms with Gasteiger partial charge in [0.25, 0.3) is 0 Å². The minimum absolute atomic E-state index is 0.0313. The van der Waals surface area contributed by atoms with E-state index in [0.29, 0.717) is 0 Å². The van der Waals surface area contributed by atoms with Crippen molar-refractivity contribution in [2.45, 2.75) is 43.8 Å². The molecule has 2 atom stereocenters. The molecule has 0 aromatic heterocycles. The zero-order valence-electron chi connectivity index (χ0n) is 18.9. The van der Waals surface area contributed by atoms with E-state index < -0.39 is 0 Å². The Morgan fingerprint density at radius 3 is 2.30 bits per heavy atom. The summed E-state index contributed by atoms with van der Waals surface area (Å²) in [4.78, 5) is 12.3. The molecular weight excluding hydrogens is 404 g/mol. The maximum atomic E-state index is 6.56. The van der Waals surface area contributed by atoms with Gasteiger partial charge in [-0.3, -0.25) is 0 Å². The molecule has 2 unspecified atom stereocenters. The summed E-state index contributed by atoms with van der Waals surface area (Å²) in [5.74, 6) is 0.771. The molecule has 2 N–H and O–H groups in total. The lowest BCUT2D eigenvalue weighted by atomic mass is 9.72. The van der Waals surface area contributed by atoms with Crippen molar-refractivity contribution in [2.75, 3.05) is 0 Å². The molecule has 0 radical (unpaired) electrons. The predicted molar refractivity (Wildman–Crippen MR) is 134 cm³/mol. The average molecular weight is 433 g/mol. The summed E-state index contributed by atoms with van der Waals surface area (Å²) in [7, 11) is 0. The van der Waals surface area contributed by atoms with Crippen LogP contribution in [-0.4, -0.2) is 16.6 Å². The first-order valence-corrected chi connectivity index (χ1v) is 11.8. The molecule has 3 aromatic carbocycles. The van der Waals surface area contributed by atoms with E-state index in [1.54, 1.807) is 0 Å². The van der Waals surface area contributed by atoms with Crippen molar-refractivity contribution in [2.24, 2.45) is 15.7 Å². The summed E-state index contributed by atoms with van der Waals surface area (Å²) in [5, 5.41) is 0. The lowest BCUT2D eigenvalue weighted by Crippen LogP contribution is -2.43. The van der Waals surface area contributed by atoms with E-state index in [4.69, 9.17) is 15.7 Å². The van der Waals surface area contributed by atoms with Gasteiger partial charge in [0.05, 0.1) is 11.8 Å². The van der Waals surface area contributed by atoms with E-state index in [0.717, 1.165) is 30.1 Å². The third-order valence-electron chi connectivity index (χ3n) is 7.33. The molecule has 3 aliphatic rings. The van der Waals surface area contributed by atoms with Gasteiger partial charge in [-0.1, -0.05) is 78.9 Å². The molecule has 0 bridgehead atoms. The number of rotatable bonds is 4. The highest BCUT2D eigenvalue weighted by Gasteiger charge is 2.39. The largest absolute Gasteiger partial charge is 0.321 e. The fourth-order valence-electron chi connectivity index (χ4n) is 5.20. The highest BCUT2D eigenvalue weighted by Crippen LogP contribution is 2.45. The lowest BCUT2D eigenvalue weighted by Gasteiger charge is -2.38. The van der Waals surface area contributed by atoms with Crippen LogP contribution in [-0.2, 0) is 5.54 Å². The van der Waals surface area contributed by atoms with Crippen LogP contribution in [0.5, 0.6) is 0 Å². The monoisotopic (exact) mass is 432 g/mol. The van der Waals surface area contributed by atoms with E-state index in [1.165, 1.54) is 28.7 Å². The number of allylic oxidation sites excluding steroid dienone is 1. The van der Waals surface area contributed by atoms with Gasteiger partial charge in [-0.25, -0.2) is 9.98 Å². The van der Waals surface area contributed by atoms with Gasteiger partial charge in [-0.05, 0) is 54.5 Å².